The fraction of sp³-hybridized carbons (Fsp3) is 0.629. The van der Waals surface area contributed by atoms with Gasteiger partial charge in [-0.25, -0.2) is 9.59 Å². The molecule has 1 saturated heterocycles. The van der Waals surface area contributed by atoms with E-state index in [0.29, 0.717) is 47.7 Å². The Hall–Kier alpha value is -1.91. The van der Waals surface area contributed by atoms with Crippen LogP contribution in [0.4, 0.5) is 0 Å². The molecule has 0 aromatic heterocycles. The van der Waals surface area contributed by atoms with Gasteiger partial charge in [-0.1, -0.05) is 125 Å². The van der Waals surface area contributed by atoms with Crippen molar-refractivity contribution in [2.24, 2.45) is 0 Å². The van der Waals surface area contributed by atoms with Gasteiger partial charge in [0.15, 0.2) is 5.57 Å². The van der Waals surface area contributed by atoms with Crippen molar-refractivity contribution in [3.05, 3.63) is 19.6 Å². The van der Waals surface area contributed by atoms with E-state index in [-0.39, 0.29) is 17.6 Å². The second-order valence-electron chi connectivity index (χ2n) is 11.5. The van der Waals surface area contributed by atoms with Crippen LogP contribution in [-0.4, -0.2) is 51.0 Å². The van der Waals surface area contributed by atoms with Crippen molar-refractivity contribution in [2.45, 2.75) is 130 Å². The summed E-state index contributed by atoms with van der Waals surface area (Å²) in [5.74, 6) is 0.499. The fourth-order valence-electron chi connectivity index (χ4n) is 5.21. The molecule has 0 spiro atoms. The molecule has 3 aliphatic rings. The van der Waals surface area contributed by atoms with Crippen LogP contribution in [0, 0.1) is 11.3 Å². The Morgan fingerprint density at radius 2 is 1.11 bits per heavy atom. The number of nitrogens with one attached hydrogen (secondary N) is 1. The van der Waals surface area contributed by atoms with Crippen LogP contribution < -0.4 is 14.8 Å². The number of carbonyl (C=O) groups excluding carboxylic acids is 2. The Labute approximate surface area is 297 Å². The zero-order valence-electron chi connectivity index (χ0n) is 28.1. The van der Waals surface area contributed by atoms with Gasteiger partial charge in [0.25, 0.3) is 0 Å². The molecule has 1 N–H and O–H groups in total. The highest BCUT2D eigenvalue weighted by atomic mass is 32.2. The normalized spacial score (nSPS) is 15.9. The summed E-state index contributed by atoms with van der Waals surface area (Å²) >= 11 is 5.72. The predicted molar refractivity (Wildman–Crippen MR) is 192 cm³/mol. The van der Waals surface area contributed by atoms with E-state index in [0.717, 1.165) is 62.5 Å². The third-order valence-corrected chi connectivity index (χ3v) is 13.0. The summed E-state index contributed by atoms with van der Waals surface area (Å²) in [5.41, 5.74) is 0.663. The van der Waals surface area contributed by atoms with Gasteiger partial charge in [-0.15, -0.1) is 0 Å². The molecule has 3 aliphatic heterocycles. The van der Waals surface area contributed by atoms with Crippen molar-refractivity contribution >= 4 is 59.0 Å². The average Bonchev–Trinajstić information content (AvgIpc) is 3.64. The first-order valence-corrected chi connectivity index (χ1v) is 20.4. The number of unbranched alkanes of at least 4 members (excludes halogenated alkanes) is 10. The highest BCUT2D eigenvalue weighted by Crippen LogP contribution is 2.68. The number of thioether (sulfide) groups is 4. The molecular weight excluding hydrogens is 673 g/mol. The summed E-state index contributed by atoms with van der Waals surface area (Å²) in [4.78, 5) is 29.8. The van der Waals surface area contributed by atoms with Gasteiger partial charge in [-0.2, -0.15) is 5.26 Å². The number of nitriles is 1. The van der Waals surface area contributed by atoms with Crippen LogP contribution in [0.5, 0.6) is 11.5 Å². The van der Waals surface area contributed by atoms with Crippen LogP contribution in [0.2, 0.25) is 0 Å². The number of benzene rings is 1. The first-order valence-electron chi connectivity index (χ1n) is 17.2. The van der Waals surface area contributed by atoms with Gasteiger partial charge in [0.1, 0.15) is 17.6 Å². The van der Waals surface area contributed by atoms with Gasteiger partial charge in [-0.3, -0.25) is 0 Å². The van der Waals surface area contributed by atoms with Crippen molar-refractivity contribution < 1.29 is 28.5 Å². The third kappa shape index (κ3) is 10.3. The van der Waals surface area contributed by atoms with Gasteiger partial charge >= 0.3 is 11.9 Å². The predicted octanol–water partition coefficient (Wildman–Crippen LogP) is 9.61. The zero-order chi connectivity index (χ0) is 33.6. The number of ether oxygens (including phenoxy) is 4. The minimum absolute atomic E-state index is 0.00309. The van der Waals surface area contributed by atoms with Gasteiger partial charge in [0, 0.05) is 6.54 Å². The molecule has 3 heterocycles. The zero-order valence-corrected chi connectivity index (χ0v) is 31.4. The van der Waals surface area contributed by atoms with E-state index < -0.39 is 5.97 Å². The van der Waals surface area contributed by atoms with Crippen LogP contribution in [0.3, 0.4) is 0 Å². The number of hydrogen-bond acceptors (Lipinski definition) is 12. The van der Waals surface area contributed by atoms with E-state index in [4.69, 9.17) is 18.9 Å². The Morgan fingerprint density at radius 3 is 1.53 bits per heavy atom. The minimum atomic E-state index is -0.595. The molecule has 47 heavy (non-hydrogen) atoms. The fourth-order valence-corrected chi connectivity index (χ4v) is 10.8. The lowest BCUT2D eigenvalue weighted by atomic mass is 10.1. The van der Waals surface area contributed by atoms with Crippen LogP contribution in [0.1, 0.15) is 105 Å². The Bertz CT molecular complexity index is 1320. The number of carbonyl (C=O) groups is 2. The van der Waals surface area contributed by atoms with Gasteiger partial charge in [0.05, 0.1) is 66.1 Å². The summed E-state index contributed by atoms with van der Waals surface area (Å²) in [5, 5.41) is 13.3. The molecule has 4 rings (SSSR count). The van der Waals surface area contributed by atoms with E-state index in [2.05, 4.69) is 25.2 Å². The number of fused-ring (bicyclic) bond motifs is 2. The number of rotatable bonds is 21. The summed E-state index contributed by atoms with van der Waals surface area (Å²) in [7, 11) is 0. The summed E-state index contributed by atoms with van der Waals surface area (Å²) in [6.45, 7) is 10.6. The van der Waals surface area contributed by atoms with Crippen LogP contribution >= 0.6 is 47.0 Å². The summed E-state index contributed by atoms with van der Waals surface area (Å²) in [6.07, 6.45) is 13.3. The lowest BCUT2D eigenvalue weighted by Gasteiger charge is -2.16. The molecule has 0 amide bonds. The lowest BCUT2D eigenvalue weighted by molar-refractivity contribution is -0.139. The van der Waals surface area contributed by atoms with Gasteiger partial charge < -0.3 is 24.3 Å². The second-order valence-corrected chi connectivity index (χ2v) is 16.1. The maximum absolute atomic E-state index is 13.4. The molecule has 1 atom stereocenters. The largest absolute Gasteiger partial charge is 0.491 e. The quantitative estimate of drug-likeness (QED) is 0.0428. The highest BCUT2D eigenvalue weighted by Gasteiger charge is 2.42. The molecule has 0 aliphatic carbocycles. The van der Waals surface area contributed by atoms with Crippen LogP contribution in [0.25, 0.3) is 0 Å². The van der Waals surface area contributed by atoms with Crippen molar-refractivity contribution in [1.29, 1.82) is 5.26 Å². The second kappa shape index (κ2) is 19.9. The molecule has 1 aromatic carbocycles. The van der Waals surface area contributed by atoms with Crippen LogP contribution in [-0.2, 0) is 19.1 Å². The Kier molecular flexibility index (Phi) is 16.1. The third-order valence-electron chi connectivity index (χ3n) is 7.77. The van der Waals surface area contributed by atoms with Crippen molar-refractivity contribution in [2.75, 3.05) is 33.0 Å². The summed E-state index contributed by atoms with van der Waals surface area (Å²) < 4.78 is 25.2. The molecule has 0 saturated carbocycles. The van der Waals surface area contributed by atoms with Crippen molar-refractivity contribution in [1.82, 2.24) is 5.32 Å². The molecule has 258 valence electrons. The smallest absolute Gasteiger partial charge is 0.350 e. The van der Waals surface area contributed by atoms with E-state index in [9.17, 15) is 14.9 Å². The highest BCUT2D eigenvalue weighted by molar-refractivity contribution is 8.26. The first kappa shape index (κ1) is 37.9. The first-order chi connectivity index (χ1) is 23.0. The average molecular weight is 721 g/mol. The monoisotopic (exact) mass is 720 g/mol. The maximum atomic E-state index is 13.4. The van der Waals surface area contributed by atoms with E-state index in [1.807, 2.05) is 13.8 Å². The Balaban J connectivity index is 1.54. The standard InChI is InChI=1S/C35H48N2O6S4/c1-5-9-11-13-15-17-19-42-32(38)23(21-36)34-44-28-26(40-7-3)30-31(27(41-8-4)29(28)45-34)47-35(46-30)25(24-22-37-24)33(39)43-20-18-16-14-12-10-6-2/h24,37H,5-20,22H2,1-4H3. The maximum Gasteiger partial charge on any atom is 0.350 e. The van der Waals surface area contributed by atoms with Crippen LogP contribution in [0.15, 0.2) is 39.2 Å². The molecule has 8 nitrogen and oxygen atoms in total. The number of esters is 2. The molecule has 1 unspecified atom stereocenters. The minimum Gasteiger partial charge on any atom is -0.491 e. The molecular formula is C35H48N2O6S4. The topological polar surface area (TPSA) is 117 Å². The Morgan fingerprint density at radius 1 is 0.681 bits per heavy atom. The summed E-state index contributed by atoms with van der Waals surface area (Å²) in [6, 6.07) is 2.07. The van der Waals surface area contributed by atoms with Gasteiger partial charge in [-0.05, 0) is 26.7 Å². The van der Waals surface area contributed by atoms with E-state index in [1.165, 1.54) is 92.0 Å². The lowest BCUT2D eigenvalue weighted by Crippen LogP contribution is -2.15. The molecule has 1 aromatic rings. The molecule has 1 fully saturated rings. The SMILES string of the molecule is CCCCCCCCOC(=O)C(C#N)=C1Sc2c(OCC)c3c(c(OCC)c2S1)SC(=C(C(=O)OCCCCCCCC)C1CN1)S3. The van der Waals surface area contributed by atoms with Crippen molar-refractivity contribution in [3.8, 4) is 17.6 Å². The van der Waals surface area contributed by atoms with E-state index >= 15 is 0 Å². The molecule has 0 bridgehead atoms. The van der Waals surface area contributed by atoms with Crippen molar-refractivity contribution in [3.63, 3.8) is 0 Å². The molecule has 12 heteroatoms. The van der Waals surface area contributed by atoms with E-state index in [1.54, 1.807) is 0 Å². The number of nitrogens with zero attached hydrogens (tertiary/aromatic N) is 1. The molecule has 0 radical (unpaired) electrons. The number of hydrogen-bond donors (Lipinski definition) is 1. The van der Waals surface area contributed by atoms with Gasteiger partial charge in [0.2, 0.25) is 0 Å².